The second kappa shape index (κ2) is 7.98. The molecule has 0 unspecified atom stereocenters. The first-order valence-electron chi connectivity index (χ1n) is 7.21. The van der Waals surface area contributed by atoms with Crippen molar-refractivity contribution in [2.24, 2.45) is 0 Å². The lowest BCUT2D eigenvalue weighted by atomic mass is 10.0. The third-order valence-electron chi connectivity index (χ3n) is 3.44. The van der Waals surface area contributed by atoms with Crippen LogP contribution in [0.1, 0.15) is 15.9 Å². The lowest BCUT2D eigenvalue weighted by Gasteiger charge is -2.18. The average molecular weight is 313 g/mol. The number of hydrogen-bond acceptors (Lipinski definition) is 4. The third kappa shape index (κ3) is 4.32. The topological polar surface area (TPSA) is 64.6 Å². The zero-order chi connectivity index (χ0) is 16.7. The van der Waals surface area contributed by atoms with Crippen LogP contribution in [-0.4, -0.2) is 32.1 Å². The van der Waals surface area contributed by atoms with E-state index in [-0.39, 0.29) is 12.3 Å². The first-order chi connectivity index (χ1) is 11.2. The number of para-hydroxylation sites is 1. The molecular formula is C18H19NO4. The number of rotatable bonds is 6. The van der Waals surface area contributed by atoms with Crippen molar-refractivity contribution in [1.29, 1.82) is 0 Å². The molecule has 0 saturated carbocycles. The van der Waals surface area contributed by atoms with Gasteiger partial charge < -0.3 is 14.8 Å². The van der Waals surface area contributed by atoms with Gasteiger partial charge in [-0.2, -0.15) is 0 Å². The Morgan fingerprint density at radius 2 is 1.65 bits per heavy atom. The van der Waals surface area contributed by atoms with Crippen LogP contribution in [0.4, 0.5) is 0 Å². The molecule has 5 nitrogen and oxygen atoms in total. The van der Waals surface area contributed by atoms with Gasteiger partial charge in [0.1, 0.15) is 11.8 Å². The molecule has 1 N–H and O–H groups in total. The maximum Gasteiger partial charge on any atom is 0.328 e. The standard InChI is InChI=1S/C18H19NO4/c1-22-16-11-7-6-10-14(16)12-15(18(21)23-2)19-17(20)13-8-4-3-5-9-13/h3-11,15H,12H2,1-2H3,(H,19,20)/t15-/m1/s1. The number of benzene rings is 2. The largest absolute Gasteiger partial charge is 0.496 e. The second-order valence-electron chi connectivity index (χ2n) is 4.93. The summed E-state index contributed by atoms with van der Waals surface area (Å²) in [6.07, 6.45) is 0.287. The zero-order valence-electron chi connectivity index (χ0n) is 13.1. The highest BCUT2D eigenvalue weighted by Crippen LogP contribution is 2.19. The monoisotopic (exact) mass is 313 g/mol. The molecule has 0 aromatic heterocycles. The van der Waals surface area contributed by atoms with E-state index >= 15 is 0 Å². The van der Waals surface area contributed by atoms with E-state index in [9.17, 15) is 9.59 Å². The van der Waals surface area contributed by atoms with Crippen LogP contribution in [0.3, 0.4) is 0 Å². The molecule has 2 aromatic carbocycles. The number of methoxy groups -OCH3 is 2. The first-order valence-corrected chi connectivity index (χ1v) is 7.21. The van der Waals surface area contributed by atoms with E-state index in [1.807, 2.05) is 30.3 Å². The molecule has 0 saturated heterocycles. The maximum absolute atomic E-state index is 12.3. The van der Waals surface area contributed by atoms with Gasteiger partial charge in [0.15, 0.2) is 0 Å². The summed E-state index contributed by atoms with van der Waals surface area (Å²) in [6, 6.07) is 15.3. The summed E-state index contributed by atoms with van der Waals surface area (Å²) >= 11 is 0. The van der Waals surface area contributed by atoms with Crippen molar-refractivity contribution in [3.8, 4) is 5.75 Å². The van der Waals surface area contributed by atoms with Crippen molar-refractivity contribution in [2.45, 2.75) is 12.5 Å². The molecule has 0 aliphatic carbocycles. The van der Waals surface area contributed by atoms with Crippen LogP contribution in [0.25, 0.3) is 0 Å². The molecule has 0 heterocycles. The van der Waals surface area contributed by atoms with Gasteiger partial charge in [0.05, 0.1) is 14.2 Å². The molecule has 0 aliphatic heterocycles. The third-order valence-corrected chi connectivity index (χ3v) is 3.44. The Morgan fingerprint density at radius 3 is 2.30 bits per heavy atom. The van der Waals surface area contributed by atoms with E-state index in [0.717, 1.165) is 5.56 Å². The molecule has 0 bridgehead atoms. The van der Waals surface area contributed by atoms with E-state index < -0.39 is 12.0 Å². The molecule has 0 aliphatic rings. The van der Waals surface area contributed by atoms with Crippen molar-refractivity contribution in [2.75, 3.05) is 14.2 Å². The summed E-state index contributed by atoms with van der Waals surface area (Å²) in [5.41, 5.74) is 1.31. The summed E-state index contributed by atoms with van der Waals surface area (Å²) in [4.78, 5) is 24.3. The molecule has 0 fully saturated rings. The second-order valence-corrected chi connectivity index (χ2v) is 4.93. The van der Waals surface area contributed by atoms with Gasteiger partial charge in [0.2, 0.25) is 0 Å². The normalized spacial score (nSPS) is 11.4. The predicted molar refractivity (Wildman–Crippen MR) is 86.4 cm³/mol. The lowest BCUT2D eigenvalue weighted by molar-refractivity contribution is -0.142. The van der Waals surface area contributed by atoms with E-state index in [2.05, 4.69) is 5.32 Å². The molecule has 1 atom stereocenters. The molecule has 5 heteroatoms. The van der Waals surface area contributed by atoms with Gasteiger partial charge in [-0.1, -0.05) is 36.4 Å². The van der Waals surface area contributed by atoms with E-state index in [1.54, 1.807) is 31.4 Å². The Kier molecular flexibility index (Phi) is 5.74. The number of carbonyl (C=O) groups excluding carboxylic acids is 2. The van der Waals surface area contributed by atoms with Crippen molar-refractivity contribution < 1.29 is 19.1 Å². The quantitative estimate of drug-likeness (QED) is 0.831. The van der Waals surface area contributed by atoms with Gasteiger partial charge in [0, 0.05) is 12.0 Å². The van der Waals surface area contributed by atoms with Crippen molar-refractivity contribution >= 4 is 11.9 Å². The fraction of sp³-hybridized carbons (Fsp3) is 0.222. The number of hydrogen-bond donors (Lipinski definition) is 1. The summed E-state index contributed by atoms with van der Waals surface area (Å²) in [6.45, 7) is 0. The number of esters is 1. The van der Waals surface area contributed by atoms with Crippen LogP contribution < -0.4 is 10.1 Å². The van der Waals surface area contributed by atoms with Crippen LogP contribution >= 0.6 is 0 Å². The first kappa shape index (κ1) is 16.5. The minimum absolute atomic E-state index is 0.287. The van der Waals surface area contributed by atoms with Gasteiger partial charge in [-0.15, -0.1) is 0 Å². The van der Waals surface area contributed by atoms with Crippen LogP contribution in [0.15, 0.2) is 54.6 Å². The number of amides is 1. The SMILES string of the molecule is COC(=O)[C@@H](Cc1ccccc1OC)NC(=O)c1ccccc1. The molecule has 2 aromatic rings. The van der Waals surface area contributed by atoms with Gasteiger partial charge in [0.25, 0.3) is 5.91 Å². The minimum Gasteiger partial charge on any atom is -0.496 e. The van der Waals surface area contributed by atoms with Crippen LogP contribution in [-0.2, 0) is 16.0 Å². The average Bonchev–Trinajstić information content (AvgIpc) is 2.61. The number of carbonyl (C=O) groups is 2. The van der Waals surface area contributed by atoms with E-state index in [1.165, 1.54) is 7.11 Å². The minimum atomic E-state index is -0.788. The van der Waals surface area contributed by atoms with Gasteiger partial charge in [-0.3, -0.25) is 4.79 Å². The fourth-order valence-corrected chi connectivity index (χ4v) is 2.26. The summed E-state index contributed by atoms with van der Waals surface area (Å²) in [5, 5.41) is 2.71. The fourth-order valence-electron chi connectivity index (χ4n) is 2.26. The van der Waals surface area contributed by atoms with E-state index in [4.69, 9.17) is 9.47 Å². The van der Waals surface area contributed by atoms with Crippen LogP contribution in [0.2, 0.25) is 0 Å². The van der Waals surface area contributed by atoms with Crippen molar-refractivity contribution in [1.82, 2.24) is 5.32 Å². The lowest BCUT2D eigenvalue weighted by Crippen LogP contribution is -2.43. The van der Waals surface area contributed by atoms with Gasteiger partial charge >= 0.3 is 5.97 Å². The highest BCUT2D eigenvalue weighted by Gasteiger charge is 2.23. The molecule has 2 rings (SSSR count). The highest BCUT2D eigenvalue weighted by atomic mass is 16.5. The van der Waals surface area contributed by atoms with Crippen LogP contribution in [0.5, 0.6) is 5.75 Å². The van der Waals surface area contributed by atoms with Gasteiger partial charge in [-0.05, 0) is 23.8 Å². The van der Waals surface area contributed by atoms with Gasteiger partial charge in [-0.25, -0.2) is 4.79 Å². The Hall–Kier alpha value is -2.82. The molecule has 0 radical (unpaired) electrons. The van der Waals surface area contributed by atoms with Crippen molar-refractivity contribution in [3.63, 3.8) is 0 Å². The molecule has 0 spiro atoms. The number of ether oxygens (including phenoxy) is 2. The summed E-state index contributed by atoms with van der Waals surface area (Å²) < 4.78 is 10.1. The Labute approximate surface area is 135 Å². The Bertz CT molecular complexity index is 670. The molecule has 120 valence electrons. The molecule has 23 heavy (non-hydrogen) atoms. The summed E-state index contributed by atoms with van der Waals surface area (Å²) in [5.74, 6) is -0.161. The highest BCUT2D eigenvalue weighted by molar-refractivity contribution is 5.96. The molecular weight excluding hydrogens is 294 g/mol. The van der Waals surface area contributed by atoms with Crippen molar-refractivity contribution in [3.05, 3.63) is 65.7 Å². The summed E-state index contributed by atoms with van der Waals surface area (Å²) in [7, 11) is 2.86. The smallest absolute Gasteiger partial charge is 0.328 e. The molecule has 1 amide bonds. The Balaban J connectivity index is 2.17. The predicted octanol–water partition coefficient (Wildman–Crippen LogP) is 2.21. The van der Waals surface area contributed by atoms with Crippen LogP contribution in [0, 0.1) is 0 Å². The number of nitrogens with one attached hydrogen (secondary N) is 1. The Morgan fingerprint density at radius 1 is 1.00 bits per heavy atom. The van der Waals surface area contributed by atoms with E-state index in [0.29, 0.717) is 11.3 Å². The zero-order valence-corrected chi connectivity index (χ0v) is 13.1. The maximum atomic E-state index is 12.3.